The van der Waals surface area contributed by atoms with Gasteiger partial charge in [0.05, 0.1) is 16.1 Å². The zero-order chi connectivity index (χ0) is 15.0. The van der Waals surface area contributed by atoms with Gasteiger partial charge in [0.1, 0.15) is 0 Å². The van der Waals surface area contributed by atoms with Crippen molar-refractivity contribution >= 4 is 28.9 Å². The number of rotatable bonds is 2. The van der Waals surface area contributed by atoms with E-state index in [1.807, 2.05) is 0 Å². The molecule has 0 spiro atoms. The van der Waals surface area contributed by atoms with Crippen molar-refractivity contribution in [3.63, 3.8) is 0 Å². The summed E-state index contributed by atoms with van der Waals surface area (Å²) in [6.07, 6.45) is -3.72. The van der Waals surface area contributed by atoms with Crippen LogP contribution in [-0.4, -0.2) is 22.9 Å². The molecule has 7 heteroatoms. The van der Waals surface area contributed by atoms with Crippen LogP contribution in [0, 0.1) is 0 Å². The molecule has 0 amide bonds. The third kappa shape index (κ3) is 3.00. The maximum absolute atomic E-state index is 13.1. The van der Waals surface area contributed by atoms with Crippen LogP contribution in [0.5, 0.6) is 0 Å². The van der Waals surface area contributed by atoms with Crippen molar-refractivity contribution in [2.24, 2.45) is 0 Å². The predicted octanol–water partition coefficient (Wildman–Crippen LogP) is 4.64. The highest BCUT2D eigenvalue weighted by molar-refractivity contribution is 6.42. The molecule has 1 aliphatic carbocycles. The SMILES string of the molecule is O[C@]1(C(F)(F)F)CCCC[C@H]1Nc1ccc(Cl)c(Cl)c1. The van der Waals surface area contributed by atoms with Gasteiger partial charge in [0.15, 0.2) is 5.60 Å². The van der Waals surface area contributed by atoms with Gasteiger partial charge in [-0.1, -0.05) is 36.0 Å². The number of nitrogens with one attached hydrogen (secondary N) is 1. The molecule has 2 nitrogen and oxygen atoms in total. The van der Waals surface area contributed by atoms with Crippen molar-refractivity contribution in [2.45, 2.75) is 43.5 Å². The van der Waals surface area contributed by atoms with Crippen LogP contribution >= 0.6 is 23.2 Å². The highest BCUT2D eigenvalue weighted by Gasteiger charge is 2.59. The molecule has 0 aliphatic heterocycles. The quantitative estimate of drug-likeness (QED) is 0.829. The lowest BCUT2D eigenvalue weighted by Gasteiger charge is -2.41. The van der Waals surface area contributed by atoms with Gasteiger partial charge in [0.2, 0.25) is 0 Å². The third-order valence-electron chi connectivity index (χ3n) is 3.63. The van der Waals surface area contributed by atoms with Gasteiger partial charge in [-0.25, -0.2) is 0 Å². The van der Waals surface area contributed by atoms with E-state index < -0.39 is 17.8 Å². The Kier molecular flexibility index (Phi) is 4.42. The van der Waals surface area contributed by atoms with Crippen LogP contribution in [0.25, 0.3) is 0 Å². The van der Waals surface area contributed by atoms with E-state index in [0.29, 0.717) is 23.6 Å². The molecule has 1 saturated carbocycles. The van der Waals surface area contributed by atoms with E-state index in [1.54, 1.807) is 6.07 Å². The Bertz CT molecular complexity index is 495. The molecule has 2 rings (SSSR count). The predicted molar refractivity (Wildman–Crippen MR) is 73.3 cm³/mol. The van der Waals surface area contributed by atoms with E-state index in [0.717, 1.165) is 0 Å². The van der Waals surface area contributed by atoms with E-state index in [-0.39, 0.29) is 17.9 Å². The summed E-state index contributed by atoms with van der Waals surface area (Å²) in [4.78, 5) is 0. The number of benzene rings is 1. The normalized spacial score (nSPS) is 27.4. The second-order valence-corrected chi connectivity index (χ2v) is 5.81. The van der Waals surface area contributed by atoms with E-state index >= 15 is 0 Å². The van der Waals surface area contributed by atoms with Crippen molar-refractivity contribution in [1.82, 2.24) is 0 Å². The summed E-state index contributed by atoms with van der Waals surface area (Å²) >= 11 is 11.6. The average Bonchev–Trinajstić information content (AvgIpc) is 2.35. The summed E-state index contributed by atoms with van der Waals surface area (Å²) in [5.41, 5.74) is -2.30. The second kappa shape index (κ2) is 5.62. The summed E-state index contributed by atoms with van der Waals surface area (Å²) in [5, 5.41) is 13.3. The lowest BCUT2D eigenvalue weighted by molar-refractivity contribution is -0.272. The van der Waals surface area contributed by atoms with Gasteiger partial charge in [-0.05, 0) is 31.0 Å². The number of halogens is 5. The molecule has 1 aromatic rings. The highest BCUT2D eigenvalue weighted by atomic mass is 35.5. The van der Waals surface area contributed by atoms with E-state index in [2.05, 4.69) is 5.32 Å². The molecule has 0 unspecified atom stereocenters. The Morgan fingerprint density at radius 1 is 1.20 bits per heavy atom. The van der Waals surface area contributed by atoms with Gasteiger partial charge in [-0.3, -0.25) is 0 Å². The van der Waals surface area contributed by atoms with Crippen LogP contribution in [0.1, 0.15) is 25.7 Å². The number of hydrogen-bond donors (Lipinski definition) is 2. The van der Waals surface area contributed by atoms with Crippen LogP contribution in [0.2, 0.25) is 10.0 Å². The number of alkyl halides is 3. The van der Waals surface area contributed by atoms with Crippen molar-refractivity contribution in [1.29, 1.82) is 0 Å². The minimum Gasteiger partial charge on any atom is -0.379 e. The first-order valence-corrected chi connectivity index (χ1v) is 7.00. The monoisotopic (exact) mass is 327 g/mol. The highest BCUT2D eigenvalue weighted by Crippen LogP contribution is 2.43. The first-order chi connectivity index (χ1) is 9.24. The Balaban J connectivity index is 2.23. The molecule has 1 fully saturated rings. The summed E-state index contributed by atoms with van der Waals surface area (Å²) in [5.74, 6) is 0. The average molecular weight is 328 g/mol. The van der Waals surface area contributed by atoms with E-state index in [9.17, 15) is 18.3 Å². The van der Waals surface area contributed by atoms with Crippen LogP contribution in [-0.2, 0) is 0 Å². The number of anilines is 1. The fraction of sp³-hybridized carbons (Fsp3) is 0.538. The van der Waals surface area contributed by atoms with E-state index in [1.165, 1.54) is 12.1 Å². The maximum atomic E-state index is 13.1. The Morgan fingerprint density at radius 2 is 1.90 bits per heavy atom. The molecule has 0 heterocycles. The Hall–Kier alpha value is -0.650. The van der Waals surface area contributed by atoms with Crippen molar-refractivity contribution in [3.05, 3.63) is 28.2 Å². The smallest absolute Gasteiger partial charge is 0.379 e. The molecule has 0 saturated heterocycles. The molecule has 0 radical (unpaired) electrons. The zero-order valence-corrected chi connectivity index (χ0v) is 12.0. The molecule has 0 aromatic heterocycles. The Morgan fingerprint density at radius 3 is 2.50 bits per heavy atom. The number of hydrogen-bond acceptors (Lipinski definition) is 2. The van der Waals surface area contributed by atoms with Gasteiger partial charge < -0.3 is 10.4 Å². The first-order valence-electron chi connectivity index (χ1n) is 6.25. The fourth-order valence-electron chi connectivity index (χ4n) is 2.47. The maximum Gasteiger partial charge on any atom is 0.419 e. The molecule has 2 atom stereocenters. The van der Waals surface area contributed by atoms with Gasteiger partial charge in [0.25, 0.3) is 0 Å². The molecular formula is C13H14Cl2F3NO. The standard InChI is InChI=1S/C13H14Cl2F3NO/c14-9-5-4-8(7-10(9)15)19-11-3-1-2-6-12(11,20)13(16,17)18/h4-5,7,11,19-20H,1-3,6H2/t11-,12-/m1/s1. The molecule has 1 aliphatic rings. The van der Waals surface area contributed by atoms with Crippen molar-refractivity contribution < 1.29 is 18.3 Å². The summed E-state index contributed by atoms with van der Waals surface area (Å²) < 4.78 is 39.3. The van der Waals surface area contributed by atoms with Gasteiger partial charge >= 0.3 is 6.18 Å². The van der Waals surface area contributed by atoms with Crippen molar-refractivity contribution in [2.75, 3.05) is 5.32 Å². The number of aliphatic hydroxyl groups is 1. The third-order valence-corrected chi connectivity index (χ3v) is 4.37. The molecule has 2 N–H and O–H groups in total. The molecule has 112 valence electrons. The summed E-state index contributed by atoms with van der Waals surface area (Å²) in [7, 11) is 0. The fourth-order valence-corrected chi connectivity index (χ4v) is 2.77. The molecule has 20 heavy (non-hydrogen) atoms. The zero-order valence-electron chi connectivity index (χ0n) is 10.5. The first kappa shape index (κ1) is 15.7. The van der Waals surface area contributed by atoms with Crippen LogP contribution in [0.15, 0.2) is 18.2 Å². The minimum absolute atomic E-state index is 0.246. The summed E-state index contributed by atoms with van der Waals surface area (Å²) in [6, 6.07) is 3.41. The Labute approximate surface area is 124 Å². The van der Waals surface area contributed by atoms with Crippen LogP contribution < -0.4 is 5.32 Å². The lowest BCUT2D eigenvalue weighted by atomic mass is 9.79. The van der Waals surface area contributed by atoms with Crippen molar-refractivity contribution in [3.8, 4) is 0 Å². The molecular weight excluding hydrogens is 314 g/mol. The van der Waals surface area contributed by atoms with Gasteiger partial charge in [0, 0.05) is 5.69 Å². The summed E-state index contributed by atoms with van der Waals surface area (Å²) in [6.45, 7) is 0. The van der Waals surface area contributed by atoms with Crippen LogP contribution in [0.3, 0.4) is 0 Å². The van der Waals surface area contributed by atoms with Gasteiger partial charge in [-0.15, -0.1) is 0 Å². The second-order valence-electron chi connectivity index (χ2n) is 4.99. The lowest BCUT2D eigenvalue weighted by Crippen LogP contribution is -2.58. The largest absolute Gasteiger partial charge is 0.419 e. The minimum atomic E-state index is -4.67. The van der Waals surface area contributed by atoms with Crippen LogP contribution in [0.4, 0.5) is 18.9 Å². The molecule has 1 aromatic carbocycles. The topological polar surface area (TPSA) is 32.3 Å². The van der Waals surface area contributed by atoms with Gasteiger partial charge in [-0.2, -0.15) is 13.2 Å². The van der Waals surface area contributed by atoms with E-state index in [4.69, 9.17) is 23.2 Å². The molecule has 0 bridgehead atoms.